The van der Waals surface area contributed by atoms with Crippen molar-refractivity contribution in [3.63, 3.8) is 0 Å². The zero-order valence-corrected chi connectivity index (χ0v) is 14.7. The molecule has 3 aromatic rings. The van der Waals surface area contributed by atoms with Gasteiger partial charge in [-0.3, -0.25) is 4.79 Å². The van der Waals surface area contributed by atoms with Crippen molar-refractivity contribution in [1.82, 2.24) is 10.2 Å². The van der Waals surface area contributed by atoms with Crippen molar-refractivity contribution in [2.75, 3.05) is 5.32 Å². The Morgan fingerprint density at radius 2 is 2.00 bits per heavy atom. The topological polar surface area (TPSA) is 68.0 Å². The van der Waals surface area contributed by atoms with Gasteiger partial charge < -0.3 is 9.73 Å². The average Bonchev–Trinajstić information content (AvgIpc) is 3.16. The number of aryl methyl sites for hydroxylation is 2. The molecule has 1 amide bonds. The van der Waals surface area contributed by atoms with Crippen molar-refractivity contribution in [2.24, 2.45) is 0 Å². The lowest BCUT2D eigenvalue weighted by Crippen LogP contribution is -2.20. The Hall–Kier alpha value is -2.47. The maximum Gasteiger partial charge on any atom is 0.257 e. The summed E-state index contributed by atoms with van der Waals surface area (Å²) < 4.78 is 5.46. The lowest BCUT2D eigenvalue weighted by molar-refractivity contribution is -0.117. The summed E-state index contributed by atoms with van der Waals surface area (Å²) in [7, 11) is 0. The fraction of sp³-hybridized carbons (Fsp3) is 0.278. The van der Waals surface area contributed by atoms with Crippen LogP contribution in [0.2, 0.25) is 0 Å². The minimum absolute atomic E-state index is 0.00198. The number of carbonyl (C=O) groups is 1. The number of hydrogen-bond donors (Lipinski definition) is 1. The van der Waals surface area contributed by atoms with E-state index in [2.05, 4.69) is 15.5 Å². The maximum atomic E-state index is 12.7. The van der Waals surface area contributed by atoms with Gasteiger partial charge in [0.05, 0.1) is 16.5 Å². The minimum atomic E-state index is -0.167. The third kappa shape index (κ3) is 3.38. The summed E-state index contributed by atoms with van der Waals surface area (Å²) in [6.07, 6.45) is 0.745. The number of aromatic nitrogens is 2. The van der Waals surface area contributed by atoms with Gasteiger partial charge in [0, 0.05) is 11.8 Å². The zero-order chi connectivity index (χ0) is 17.1. The molecule has 6 heteroatoms. The van der Waals surface area contributed by atoms with Crippen LogP contribution in [0.4, 0.5) is 5.69 Å². The van der Waals surface area contributed by atoms with Crippen LogP contribution in [0.5, 0.6) is 0 Å². The lowest BCUT2D eigenvalue weighted by Gasteiger charge is -2.15. The highest BCUT2D eigenvalue weighted by molar-refractivity contribution is 7.15. The van der Waals surface area contributed by atoms with Crippen LogP contribution in [0, 0.1) is 13.8 Å². The van der Waals surface area contributed by atoms with Gasteiger partial charge in [-0.25, -0.2) is 0 Å². The molecule has 0 spiro atoms. The van der Waals surface area contributed by atoms with Crippen LogP contribution < -0.4 is 5.32 Å². The van der Waals surface area contributed by atoms with Crippen LogP contribution in [0.1, 0.15) is 35.6 Å². The number of nitrogens with zero attached hydrogens (tertiary/aromatic N) is 2. The number of anilines is 1. The van der Waals surface area contributed by atoms with Gasteiger partial charge in [0.15, 0.2) is 0 Å². The van der Waals surface area contributed by atoms with Gasteiger partial charge in [0.25, 0.3) is 5.89 Å². The molecular weight excluding hydrogens is 322 g/mol. The summed E-state index contributed by atoms with van der Waals surface area (Å²) in [5.41, 5.74) is 1.82. The van der Waals surface area contributed by atoms with Crippen molar-refractivity contribution < 1.29 is 9.21 Å². The first-order valence-corrected chi connectivity index (χ1v) is 8.67. The molecule has 0 radical (unpaired) electrons. The number of amides is 1. The smallest absolute Gasteiger partial charge is 0.257 e. The van der Waals surface area contributed by atoms with Gasteiger partial charge >= 0.3 is 0 Å². The fourth-order valence-corrected chi connectivity index (χ4v) is 3.48. The highest BCUT2D eigenvalue weighted by atomic mass is 32.1. The van der Waals surface area contributed by atoms with E-state index in [1.165, 1.54) is 11.3 Å². The molecule has 1 atom stereocenters. The normalized spacial score (nSPS) is 12.1. The van der Waals surface area contributed by atoms with Crippen molar-refractivity contribution in [3.8, 4) is 10.8 Å². The Balaban J connectivity index is 1.80. The van der Waals surface area contributed by atoms with E-state index in [1.807, 2.05) is 50.2 Å². The van der Waals surface area contributed by atoms with E-state index in [1.54, 1.807) is 6.92 Å². The molecular formula is C18H19N3O2S. The fourth-order valence-electron chi connectivity index (χ4n) is 2.59. The molecule has 2 aromatic heterocycles. The van der Waals surface area contributed by atoms with E-state index in [9.17, 15) is 4.79 Å². The molecule has 0 aliphatic carbocycles. The lowest BCUT2D eigenvalue weighted by atomic mass is 9.95. The van der Waals surface area contributed by atoms with E-state index >= 15 is 0 Å². The molecule has 1 N–H and O–H groups in total. The Morgan fingerprint density at radius 3 is 2.62 bits per heavy atom. The van der Waals surface area contributed by atoms with Crippen LogP contribution >= 0.6 is 11.3 Å². The number of nitrogens with one attached hydrogen (secondary N) is 1. The molecule has 2 heterocycles. The number of benzene rings is 1. The zero-order valence-electron chi connectivity index (χ0n) is 13.9. The van der Waals surface area contributed by atoms with E-state index in [-0.39, 0.29) is 11.8 Å². The molecule has 3 rings (SSSR count). The summed E-state index contributed by atoms with van der Waals surface area (Å²) in [6, 6.07) is 11.7. The Bertz CT molecular complexity index is 839. The average molecular weight is 341 g/mol. The molecule has 0 bridgehead atoms. The number of carbonyl (C=O) groups excluding carboxylic acids is 1. The number of rotatable bonds is 5. The van der Waals surface area contributed by atoms with Gasteiger partial charge in [-0.1, -0.05) is 37.3 Å². The molecule has 124 valence electrons. The summed E-state index contributed by atoms with van der Waals surface area (Å²) in [4.78, 5) is 14.6. The summed E-state index contributed by atoms with van der Waals surface area (Å²) in [5, 5.41) is 10.9. The summed E-state index contributed by atoms with van der Waals surface area (Å²) in [6.45, 7) is 5.74. The van der Waals surface area contributed by atoms with Crippen molar-refractivity contribution in [2.45, 2.75) is 33.1 Å². The van der Waals surface area contributed by atoms with Gasteiger partial charge in [0.1, 0.15) is 0 Å². The second kappa shape index (κ2) is 6.97. The monoisotopic (exact) mass is 341 g/mol. The minimum Gasteiger partial charge on any atom is -0.420 e. The highest BCUT2D eigenvalue weighted by Crippen LogP contribution is 2.34. The van der Waals surface area contributed by atoms with Crippen LogP contribution in [0.25, 0.3) is 10.8 Å². The maximum absolute atomic E-state index is 12.7. The molecule has 0 aliphatic heterocycles. The SMILES string of the molecule is CCC(C(=O)Nc1cc(-c2nnc(C)o2)sc1C)c1ccccc1. The molecule has 1 unspecified atom stereocenters. The van der Waals surface area contributed by atoms with Gasteiger partial charge in [-0.05, 0) is 25.0 Å². The second-order valence-corrected chi connectivity index (χ2v) is 6.82. The van der Waals surface area contributed by atoms with E-state index in [0.29, 0.717) is 11.8 Å². The van der Waals surface area contributed by atoms with Crippen molar-refractivity contribution in [1.29, 1.82) is 0 Å². The third-order valence-electron chi connectivity index (χ3n) is 3.84. The number of hydrogen-bond acceptors (Lipinski definition) is 5. The molecule has 0 saturated heterocycles. The molecule has 0 fully saturated rings. The van der Waals surface area contributed by atoms with Crippen LogP contribution in [-0.2, 0) is 4.79 Å². The van der Waals surface area contributed by atoms with Gasteiger partial charge in [-0.15, -0.1) is 21.5 Å². The summed E-state index contributed by atoms with van der Waals surface area (Å²) in [5.74, 6) is 0.838. The van der Waals surface area contributed by atoms with Crippen LogP contribution in [0.15, 0.2) is 40.8 Å². The predicted octanol–water partition coefficient (Wildman–Crippen LogP) is 4.55. The van der Waals surface area contributed by atoms with E-state index in [0.717, 1.165) is 27.4 Å². The molecule has 1 aromatic carbocycles. The van der Waals surface area contributed by atoms with Crippen LogP contribution in [0.3, 0.4) is 0 Å². The van der Waals surface area contributed by atoms with Gasteiger partial charge in [-0.2, -0.15) is 0 Å². The number of thiophene rings is 1. The van der Waals surface area contributed by atoms with E-state index < -0.39 is 0 Å². The Labute approximate surface area is 144 Å². The summed E-state index contributed by atoms with van der Waals surface area (Å²) >= 11 is 1.53. The molecule has 5 nitrogen and oxygen atoms in total. The first-order chi connectivity index (χ1) is 11.6. The third-order valence-corrected chi connectivity index (χ3v) is 4.88. The Morgan fingerprint density at radius 1 is 1.25 bits per heavy atom. The molecule has 24 heavy (non-hydrogen) atoms. The second-order valence-electron chi connectivity index (χ2n) is 5.57. The quantitative estimate of drug-likeness (QED) is 0.739. The Kier molecular flexibility index (Phi) is 4.76. The van der Waals surface area contributed by atoms with Crippen LogP contribution in [-0.4, -0.2) is 16.1 Å². The van der Waals surface area contributed by atoms with E-state index in [4.69, 9.17) is 4.42 Å². The molecule has 0 saturated carbocycles. The predicted molar refractivity (Wildman–Crippen MR) is 95.2 cm³/mol. The standard InChI is InChI=1S/C18H19N3O2S/c1-4-14(13-8-6-5-7-9-13)17(22)19-15-10-16(24-11(15)2)18-21-20-12(3)23-18/h5-10,14H,4H2,1-3H3,(H,19,22). The first kappa shape index (κ1) is 16.4. The highest BCUT2D eigenvalue weighted by Gasteiger charge is 2.20. The largest absolute Gasteiger partial charge is 0.420 e. The van der Waals surface area contributed by atoms with Gasteiger partial charge in [0.2, 0.25) is 11.8 Å². The van der Waals surface area contributed by atoms with Crippen molar-refractivity contribution >= 4 is 22.9 Å². The molecule has 0 aliphatic rings. The van der Waals surface area contributed by atoms with Crippen molar-refractivity contribution in [3.05, 3.63) is 52.7 Å². The first-order valence-electron chi connectivity index (χ1n) is 7.85.